The largest absolute Gasteiger partial charge is 0.453 e. The number of amides is 2. The maximum atomic E-state index is 15.1. The summed E-state index contributed by atoms with van der Waals surface area (Å²) in [5.74, 6) is 0.527. The van der Waals surface area contributed by atoms with Crippen molar-refractivity contribution >= 4 is 40.3 Å². The topological polar surface area (TPSA) is 92.3 Å². The van der Waals surface area contributed by atoms with E-state index >= 15 is 4.39 Å². The van der Waals surface area contributed by atoms with Crippen LogP contribution in [0.25, 0.3) is 16.3 Å². The van der Waals surface area contributed by atoms with Crippen molar-refractivity contribution in [3.05, 3.63) is 64.9 Å². The predicted molar refractivity (Wildman–Crippen MR) is 172 cm³/mol. The fourth-order valence-corrected chi connectivity index (χ4v) is 6.53. The third kappa shape index (κ3) is 7.26. The molecule has 0 saturated heterocycles. The standard InChI is InChI=1S/C34H41FN4O3S/c1-6-19(3)32(40)21(5)25(7-2)22-9-13-27(36-18-22)31-17-28-33(43-31)30(14-8-20(4)37-28)42-29-15-12-24(16-26(29)35)39-34(41)38-23-10-11-23/h9,12-21,23,25,37H,6-8,10-11H2,1-5H3,(H2,38,39,41). The first-order chi connectivity index (χ1) is 20.7. The van der Waals surface area contributed by atoms with Crippen LogP contribution >= 0.6 is 11.3 Å². The van der Waals surface area contributed by atoms with Crippen molar-refractivity contribution in [1.29, 1.82) is 0 Å². The van der Waals surface area contributed by atoms with Crippen molar-refractivity contribution in [2.75, 3.05) is 10.6 Å². The molecule has 1 fully saturated rings. The third-order valence-electron chi connectivity index (χ3n) is 8.39. The van der Waals surface area contributed by atoms with Crippen LogP contribution in [0.4, 0.5) is 20.6 Å². The second kappa shape index (κ2) is 13.3. The van der Waals surface area contributed by atoms with E-state index < -0.39 is 5.82 Å². The van der Waals surface area contributed by atoms with Crippen LogP contribution in [0, 0.1) is 17.7 Å². The Balaban J connectivity index is 1.34. The molecule has 4 unspecified atom stereocenters. The molecule has 1 saturated carbocycles. The van der Waals surface area contributed by atoms with Gasteiger partial charge in [0.2, 0.25) is 0 Å². The number of urea groups is 1. The number of benzene rings is 1. The van der Waals surface area contributed by atoms with Crippen LogP contribution < -0.4 is 20.7 Å². The number of nitrogens with zero attached hydrogens (tertiary/aromatic N) is 1. The maximum Gasteiger partial charge on any atom is 0.319 e. The summed E-state index contributed by atoms with van der Waals surface area (Å²) in [4.78, 5) is 31.6. The molecule has 3 heterocycles. The SMILES string of the molecule is CCC(C)C(=O)C(C)C(CC)c1ccc(-c2cc3c(s2)C(Oc2ccc(NC(=O)NC4CC4)cc2F)=CCC(C)N3)nc1. The van der Waals surface area contributed by atoms with E-state index in [0.717, 1.165) is 52.4 Å². The van der Waals surface area contributed by atoms with Gasteiger partial charge in [-0.2, -0.15) is 0 Å². The Labute approximate surface area is 257 Å². The van der Waals surface area contributed by atoms with Crippen LogP contribution in [0.3, 0.4) is 0 Å². The van der Waals surface area contributed by atoms with Crippen LogP contribution in [0.5, 0.6) is 5.75 Å². The van der Waals surface area contributed by atoms with Gasteiger partial charge in [0.25, 0.3) is 0 Å². The van der Waals surface area contributed by atoms with E-state index in [1.807, 2.05) is 32.2 Å². The molecule has 228 valence electrons. The number of aromatic nitrogens is 1. The first-order valence-electron chi connectivity index (χ1n) is 15.3. The molecule has 1 aliphatic heterocycles. The van der Waals surface area contributed by atoms with Gasteiger partial charge in [-0.15, -0.1) is 11.3 Å². The Bertz CT molecular complexity index is 1500. The van der Waals surface area contributed by atoms with E-state index in [1.54, 1.807) is 6.07 Å². The normalized spacial score (nSPS) is 18.3. The molecular weight excluding hydrogens is 563 g/mol. The van der Waals surface area contributed by atoms with Crippen molar-refractivity contribution in [2.24, 2.45) is 11.8 Å². The number of halogens is 1. The number of ketones is 1. The molecule has 1 aliphatic carbocycles. The number of nitrogens with one attached hydrogen (secondary N) is 3. The number of carbonyl (C=O) groups excluding carboxylic acids is 2. The predicted octanol–water partition coefficient (Wildman–Crippen LogP) is 8.60. The summed E-state index contributed by atoms with van der Waals surface area (Å²) >= 11 is 1.54. The van der Waals surface area contributed by atoms with Crippen molar-refractivity contribution in [3.63, 3.8) is 0 Å². The van der Waals surface area contributed by atoms with Gasteiger partial charge in [0.15, 0.2) is 11.6 Å². The van der Waals surface area contributed by atoms with Gasteiger partial charge in [-0.3, -0.25) is 9.78 Å². The Morgan fingerprint density at radius 3 is 2.58 bits per heavy atom. The first-order valence-corrected chi connectivity index (χ1v) is 16.1. The molecule has 0 bridgehead atoms. The van der Waals surface area contributed by atoms with Gasteiger partial charge in [-0.05, 0) is 80.9 Å². The lowest BCUT2D eigenvalue weighted by Gasteiger charge is -2.24. The molecule has 0 spiro atoms. The smallest absolute Gasteiger partial charge is 0.319 e. The van der Waals surface area contributed by atoms with Gasteiger partial charge in [0.05, 0.1) is 21.1 Å². The van der Waals surface area contributed by atoms with Crippen molar-refractivity contribution < 1.29 is 18.7 Å². The fourth-order valence-electron chi connectivity index (χ4n) is 5.45. The van der Waals surface area contributed by atoms with Crippen molar-refractivity contribution in [2.45, 2.75) is 84.7 Å². The molecule has 7 nitrogen and oxygen atoms in total. The molecule has 3 aromatic rings. The van der Waals surface area contributed by atoms with Gasteiger partial charge in [-0.25, -0.2) is 9.18 Å². The van der Waals surface area contributed by atoms with E-state index in [-0.39, 0.29) is 41.6 Å². The zero-order valence-electron chi connectivity index (χ0n) is 25.5. The molecular formula is C34H41FN4O3S. The number of anilines is 2. The first kappa shape index (κ1) is 30.7. The summed E-state index contributed by atoms with van der Waals surface area (Å²) < 4.78 is 21.2. The molecule has 9 heteroatoms. The molecule has 5 rings (SSSR count). The number of pyridine rings is 1. The summed E-state index contributed by atoms with van der Waals surface area (Å²) in [5.41, 5.74) is 3.18. The third-order valence-corrected chi connectivity index (χ3v) is 9.57. The summed E-state index contributed by atoms with van der Waals surface area (Å²) in [6.45, 7) is 10.3. The van der Waals surface area contributed by atoms with Crippen LogP contribution in [0.2, 0.25) is 0 Å². The highest BCUT2D eigenvalue weighted by Gasteiger charge is 2.28. The molecule has 43 heavy (non-hydrogen) atoms. The Morgan fingerprint density at radius 1 is 1.14 bits per heavy atom. The quantitative estimate of drug-likeness (QED) is 0.204. The van der Waals surface area contributed by atoms with Crippen LogP contribution in [0.1, 0.15) is 83.1 Å². The molecule has 2 aromatic heterocycles. The number of rotatable bonds is 11. The molecule has 2 aliphatic rings. The zero-order valence-corrected chi connectivity index (χ0v) is 26.3. The highest BCUT2D eigenvalue weighted by molar-refractivity contribution is 7.17. The molecule has 4 atom stereocenters. The zero-order chi connectivity index (χ0) is 30.7. The number of Topliss-reactive ketones (excluding diaryl/α,β-unsaturated/α-hetero) is 1. The van der Waals surface area contributed by atoms with Crippen molar-refractivity contribution in [3.8, 4) is 16.3 Å². The molecule has 3 N–H and O–H groups in total. The molecule has 0 radical (unpaired) electrons. The lowest BCUT2D eigenvalue weighted by Crippen LogP contribution is -2.30. The number of thiophene rings is 1. The van der Waals surface area contributed by atoms with Gasteiger partial charge < -0.3 is 20.7 Å². The second-order valence-corrected chi connectivity index (χ2v) is 12.9. The lowest BCUT2D eigenvalue weighted by atomic mass is 9.79. The number of fused-ring (bicyclic) bond motifs is 1. The highest BCUT2D eigenvalue weighted by atomic mass is 32.1. The lowest BCUT2D eigenvalue weighted by molar-refractivity contribution is -0.126. The number of carbonyl (C=O) groups is 2. The van der Waals surface area contributed by atoms with Crippen LogP contribution in [-0.2, 0) is 4.79 Å². The van der Waals surface area contributed by atoms with Crippen LogP contribution in [0.15, 0.2) is 48.7 Å². The van der Waals surface area contributed by atoms with Gasteiger partial charge >= 0.3 is 6.03 Å². The van der Waals surface area contributed by atoms with Gasteiger partial charge in [-0.1, -0.05) is 33.8 Å². The Kier molecular flexibility index (Phi) is 9.49. The number of hydrogen-bond donors (Lipinski definition) is 3. The minimum atomic E-state index is -0.558. The minimum Gasteiger partial charge on any atom is -0.453 e. The van der Waals surface area contributed by atoms with E-state index in [2.05, 4.69) is 48.9 Å². The van der Waals surface area contributed by atoms with E-state index in [1.165, 1.54) is 23.5 Å². The van der Waals surface area contributed by atoms with Gasteiger partial charge in [0.1, 0.15) is 11.5 Å². The average molecular weight is 605 g/mol. The van der Waals surface area contributed by atoms with Crippen LogP contribution in [-0.4, -0.2) is 28.9 Å². The average Bonchev–Trinajstić information content (AvgIpc) is 3.74. The monoisotopic (exact) mass is 604 g/mol. The summed E-state index contributed by atoms with van der Waals surface area (Å²) in [7, 11) is 0. The summed E-state index contributed by atoms with van der Waals surface area (Å²) in [6, 6.07) is 10.6. The Morgan fingerprint density at radius 2 is 1.93 bits per heavy atom. The second-order valence-electron chi connectivity index (χ2n) is 11.8. The minimum absolute atomic E-state index is 0.0543. The van der Waals surface area contributed by atoms with Crippen molar-refractivity contribution in [1.82, 2.24) is 10.3 Å². The number of hydrogen-bond acceptors (Lipinski definition) is 6. The molecule has 1 aromatic carbocycles. The molecule has 2 amide bonds. The van der Waals surface area contributed by atoms with Gasteiger partial charge in [0, 0.05) is 41.9 Å². The van der Waals surface area contributed by atoms with E-state index in [0.29, 0.717) is 23.7 Å². The van der Waals surface area contributed by atoms with E-state index in [4.69, 9.17) is 9.72 Å². The number of ether oxygens (including phenoxy) is 1. The summed E-state index contributed by atoms with van der Waals surface area (Å²) in [5, 5.41) is 9.05. The highest BCUT2D eigenvalue weighted by Crippen LogP contribution is 2.42. The fraction of sp³-hybridized carbons (Fsp3) is 0.441. The van der Waals surface area contributed by atoms with E-state index in [9.17, 15) is 9.59 Å². The summed E-state index contributed by atoms with van der Waals surface area (Å²) in [6.07, 6.45) is 8.26. The maximum absolute atomic E-state index is 15.1. The Hall–Kier alpha value is -3.72.